The van der Waals surface area contributed by atoms with Gasteiger partial charge < -0.3 is 14.5 Å². The Labute approximate surface area is 158 Å². The molecule has 2 fully saturated rings. The zero-order valence-corrected chi connectivity index (χ0v) is 15.4. The van der Waals surface area contributed by atoms with Crippen LogP contribution in [0.2, 0.25) is 0 Å². The number of halogens is 2. The van der Waals surface area contributed by atoms with Gasteiger partial charge in [-0.25, -0.2) is 0 Å². The highest BCUT2D eigenvalue weighted by molar-refractivity contribution is 5.94. The molecule has 27 heavy (non-hydrogen) atoms. The molecule has 0 unspecified atom stereocenters. The smallest absolute Gasteiger partial charge is 0.387 e. The number of ether oxygens (including phenoxy) is 1. The first-order valence-electron chi connectivity index (χ1n) is 9.67. The summed E-state index contributed by atoms with van der Waals surface area (Å²) in [5.41, 5.74) is 0.439. The van der Waals surface area contributed by atoms with E-state index in [0.29, 0.717) is 31.5 Å². The molecule has 2 aliphatic rings. The Balaban J connectivity index is 1.52. The van der Waals surface area contributed by atoms with Crippen molar-refractivity contribution in [3.8, 4) is 5.75 Å². The topological polar surface area (TPSA) is 49.9 Å². The molecule has 0 bridgehead atoms. The highest BCUT2D eigenvalue weighted by Crippen LogP contribution is 2.23. The maximum atomic E-state index is 12.7. The number of amides is 2. The summed E-state index contributed by atoms with van der Waals surface area (Å²) in [7, 11) is 0. The van der Waals surface area contributed by atoms with E-state index in [1.165, 1.54) is 37.1 Å². The highest BCUT2D eigenvalue weighted by Gasteiger charge is 2.30. The summed E-state index contributed by atoms with van der Waals surface area (Å²) in [4.78, 5) is 29.1. The molecule has 0 aromatic heterocycles. The molecule has 7 heteroatoms. The van der Waals surface area contributed by atoms with Crippen molar-refractivity contribution in [3.05, 3.63) is 29.8 Å². The van der Waals surface area contributed by atoms with Crippen LogP contribution in [0.15, 0.2) is 24.3 Å². The van der Waals surface area contributed by atoms with Crippen molar-refractivity contribution in [2.24, 2.45) is 5.92 Å². The van der Waals surface area contributed by atoms with Gasteiger partial charge >= 0.3 is 6.61 Å². The second kappa shape index (κ2) is 9.15. The minimum atomic E-state index is -2.88. The predicted octanol–water partition coefficient (Wildman–Crippen LogP) is 3.54. The molecule has 0 saturated carbocycles. The van der Waals surface area contributed by atoms with Gasteiger partial charge in [0.05, 0.1) is 0 Å². The van der Waals surface area contributed by atoms with Crippen LogP contribution in [0.25, 0.3) is 0 Å². The molecule has 0 aliphatic carbocycles. The molecular weight excluding hydrogens is 354 g/mol. The lowest BCUT2D eigenvalue weighted by atomic mass is 9.94. The average molecular weight is 380 g/mol. The van der Waals surface area contributed by atoms with Gasteiger partial charge in [-0.15, -0.1) is 0 Å². The Bertz CT molecular complexity index is 635. The summed E-state index contributed by atoms with van der Waals surface area (Å²) < 4.78 is 28.7. The number of alkyl halides is 2. The van der Waals surface area contributed by atoms with Crippen LogP contribution in [0.3, 0.4) is 0 Å². The maximum Gasteiger partial charge on any atom is 0.387 e. The Kier molecular flexibility index (Phi) is 6.63. The van der Waals surface area contributed by atoms with Crippen molar-refractivity contribution >= 4 is 11.8 Å². The molecular formula is C20H26F2N2O3. The monoisotopic (exact) mass is 380 g/mol. The second-order valence-corrected chi connectivity index (χ2v) is 7.21. The number of benzene rings is 1. The van der Waals surface area contributed by atoms with E-state index in [9.17, 15) is 18.4 Å². The largest absolute Gasteiger partial charge is 0.435 e. The molecule has 5 nitrogen and oxygen atoms in total. The van der Waals surface area contributed by atoms with Crippen LogP contribution in [0.1, 0.15) is 48.9 Å². The molecule has 0 atom stereocenters. The molecule has 2 amide bonds. The Morgan fingerprint density at radius 2 is 1.48 bits per heavy atom. The SMILES string of the molecule is O=C(c1ccc(OC(F)F)cc1)N1CCC(C(=O)N2CCCCCC2)CC1. The first-order chi connectivity index (χ1) is 13.0. The molecule has 1 aromatic carbocycles. The number of rotatable bonds is 4. The van der Waals surface area contributed by atoms with Gasteiger partial charge in [-0.2, -0.15) is 8.78 Å². The molecule has 0 radical (unpaired) electrons. The Hall–Kier alpha value is -2.18. The number of likely N-dealkylation sites (tertiary alicyclic amines) is 2. The van der Waals surface area contributed by atoms with Crippen molar-refractivity contribution in [1.29, 1.82) is 0 Å². The fraction of sp³-hybridized carbons (Fsp3) is 0.600. The minimum Gasteiger partial charge on any atom is -0.435 e. The summed E-state index contributed by atoms with van der Waals surface area (Å²) in [5, 5.41) is 0. The van der Waals surface area contributed by atoms with E-state index in [1.54, 1.807) is 4.90 Å². The molecule has 0 spiro atoms. The number of nitrogens with zero attached hydrogens (tertiary/aromatic N) is 2. The zero-order chi connectivity index (χ0) is 19.2. The predicted molar refractivity (Wildman–Crippen MR) is 96.7 cm³/mol. The number of piperidine rings is 1. The van der Waals surface area contributed by atoms with Crippen LogP contribution < -0.4 is 4.74 Å². The van der Waals surface area contributed by atoms with Gasteiger partial charge in [0.1, 0.15) is 5.75 Å². The number of hydrogen-bond acceptors (Lipinski definition) is 3. The quantitative estimate of drug-likeness (QED) is 0.803. The van der Waals surface area contributed by atoms with E-state index >= 15 is 0 Å². The van der Waals surface area contributed by atoms with Gasteiger partial charge in [0.15, 0.2) is 0 Å². The third kappa shape index (κ3) is 5.17. The first-order valence-corrected chi connectivity index (χ1v) is 9.67. The Morgan fingerprint density at radius 3 is 2.04 bits per heavy atom. The zero-order valence-electron chi connectivity index (χ0n) is 15.4. The standard InChI is InChI=1S/C20H26F2N2O3/c21-20(22)27-17-7-5-15(6-8-17)18(25)24-13-9-16(10-14-24)19(26)23-11-3-1-2-4-12-23/h5-8,16,20H,1-4,9-14H2. The lowest BCUT2D eigenvalue weighted by Gasteiger charge is -2.34. The summed E-state index contributed by atoms with van der Waals surface area (Å²) in [6.07, 6.45) is 5.89. The van der Waals surface area contributed by atoms with Crippen molar-refractivity contribution in [3.63, 3.8) is 0 Å². The van der Waals surface area contributed by atoms with Crippen LogP contribution in [0.4, 0.5) is 8.78 Å². The van der Waals surface area contributed by atoms with Gasteiger partial charge in [0, 0.05) is 37.7 Å². The number of carbonyl (C=O) groups is 2. The fourth-order valence-corrected chi connectivity index (χ4v) is 3.84. The van der Waals surface area contributed by atoms with Gasteiger partial charge in [0.25, 0.3) is 5.91 Å². The van der Waals surface area contributed by atoms with E-state index < -0.39 is 6.61 Å². The van der Waals surface area contributed by atoms with Crippen molar-refractivity contribution in [2.75, 3.05) is 26.2 Å². The lowest BCUT2D eigenvalue weighted by Crippen LogP contribution is -2.44. The summed E-state index contributed by atoms with van der Waals surface area (Å²) >= 11 is 0. The van der Waals surface area contributed by atoms with E-state index in [1.807, 2.05) is 4.90 Å². The van der Waals surface area contributed by atoms with Gasteiger partial charge in [-0.3, -0.25) is 9.59 Å². The molecule has 0 N–H and O–H groups in total. The fourth-order valence-electron chi connectivity index (χ4n) is 3.84. The summed E-state index contributed by atoms with van der Waals surface area (Å²) in [6.45, 7) is -0.0976. The average Bonchev–Trinajstić information content (AvgIpc) is 2.97. The number of hydrogen-bond donors (Lipinski definition) is 0. The Morgan fingerprint density at radius 1 is 0.889 bits per heavy atom. The van der Waals surface area contributed by atoms with Crippen LogP contribution in [0, 0.1) is 5.92 Å². The van der Waals surface area contributed by atoms with Crippen molar-refractivity contribution < 1.29 is 23.1 Å². The van der Waals surface area contributed by atoms with Crippen LogP contribution in [-0.4, -0.2) is 54.4 Å². The van der Waals surface area contributed by atoms with Crippen molar-refractivity contribution in [1.82, 2.24) is 9.80 Å². The molecule has 2 heterocycles. The normalized spacial score (nSPS) is 19.1. The third-order valence-electron chi connectivity index (χ3n) is 5.38. The van der Waals surface area contributed by atoms with E-state index in [4.69, 9.17) is 0 Å². The maximum absolute atomic E-state index is 12.7. The van der Waals surface area contributed by atoms with Crippen molar-refractivity contribution in [2.45, 2.75) is 45.1 Å². The van der Waals surface area contributed by atoms with Crippen LogP contribution in [0.5, 0.6) is 5.75 Å². The minimum absolute atomic E-state index is 0.00559. The lowest BCUT2D eigenvalue weighted by molar-refractivity contribution is -0.136. The molecule has 1 aromatic rings. The molecule has 2 saturated heterocycles. The molecule has 2 aliphatic heterocycles. The van der Waals surface area contributed by atoms with Crippen LogP contribution in [-0.2, 0) is 4.79 Å². The first kappa shape index (κ1) is 19.6. The van der Waals surface area contributed by atoms with Gasteiger partial charge in [0.2, 0.25) is 5.91 Å². The second-order valence-electron chi connectivity index (χ2n) is 7.21. The van der Waals surface area contributed by atoms with Gasteiger partial charge in [-0.1, -0.05) is 12.8 Å². The van der Waals surface area contributed by atoms with Gasteiger partial charge in [-0.05, 0) is 49.9 Å². The van der Waals surface area contributed by atoms with E-state index in [-0.39, 0.29) is 23.5 Å². The third-order valence-corrected chi connectivity index (χ3v) is 5.38. The summed E-state index contributed by atoms with van der Waals surface area (Å²) in [6, 6.07) is 5.73. The van der Waals surface area contributed by atoms with Crippen LogP contribution >= 0.6 is 0 Å². The highest BCUT2D eigenvalue weighted by atomic mass is 19.3. The molecule has 3 rings (SSSR count). The van der Waals surface area contributed by atoms with E-state index in [0.717, 1.165) is 25.9 Å². The summed E-state index contributed by atoms with van der Waals surface area (Å²) in [5.74, 6) is 0.119. The van der Waals surface area contributed by atoms with E-state index in [2.05, 4.69) is 4.74 Å². The molecule has 148 valence electrons. The number of carbonyl (C=O) groups excluding carboxylic acids is 2.